The van der Waals surface area contributed by atoms with Gasteiger partial charge in [-0.3, -0.25) is 4.79 Å². The number of rotatable bonds is 4. The van der Waals surface area contributed by atoms with Crippen LogP contribution < -0.4 is 14.8 Å². The molecular weight excluding hydrogens is 316 g/mol. The van der Waals surface area contributed by atoms with Crippen molar-refractivity contribution in [2.75, 3.05) is 19.5 Å². The van der Waals surface area contributed by atoms with Gasteiger partial charge >= 0.3 is 6.01 Å². The standard InChI is InChI=1S/C15H14N4O3S/c1-8-16-10-5-4-9(6-12(10)23-8)17-14(20)11-7-13(21-2)19-15(18-11)22-3/h4-7H,1-3H3,(H,17,20). The maximum atomic E-state index is 12.4. The summed E-state index contributed by atoms with van der Waals surface area (Å²) in [6.07, 6.45) is 0. The summed E-state index contributed by atoms with van der Waals surface area (Å²) in [5.41, 5.74) is 1.74. The minimum atomic E-state index is -0.371. The Hall–Kier alpha value is -2.74. The quantitative estimate of drug-likeness (QED) is 0.791. The van der Waals surface area contributed by atoms with Crippen molar-refractivity contribution in [2.45, 2.75) is 6.92 Å². The van der Waals surface area contributed by atoms with Crippen LogP contribution in [0.1, 0.15) is 15.5 Å². The molecule has 0 aliphatic heterocycles. The number of thiazole rings is 1. The first-order chi connectivity index (χ1) is 11.1. The highest BCUT2D eigenvalue weighted by atomic mass is 32.1. The Morgan fingerprint density at radius 2 is 1.96 bits per heavy atom. The summed E-state index contributed by atoms with van der Waals surface area (Å²) in [7, 11) is 2.89. The summed E-state index contributed by atoms with van der Waals surface area (Å²) in [6, 6.07) is 7.08. The third-order valence-electron chi connectivity index (χ3n) is 3.06. The van der Waals surface area contributed by atoms with Crippen molar-refractivity contribution in [1.82, 2.24) is 15.0 Å². The number of benzene rings is 1. The van der Waals surface area contributed by atoms with Gasteiger partial charge in [-0.25, -0.2) is 4.98 Å². The van der Waals surface area contributed by atoms with E-state index in [0.717, 1.165) is 15.2 Å². The summed E-state index contributed by atoms with van der Waals surface area (Å²) in [4.78, 5) is 24.7. The Morgan fingerprint density at radius 3 is 2.70 bits per heavy atom. The summed E-state index contributed by atoms with van der Waals surface area (Å²) in [5.74, 6) is -0.111. The molecule has 0 unspecified atom stereocenters. The van der Waals surface area contributed by atoms with E-state index in [1.165, 1.54) is 20.3 Å². The molecule has 7 nitrogen and oxygen atoms in total. The van der Waals surface area contributed by atoms with E-state index in [2.05, 4.69) is 20.3 Å². The third-order valence-corrected chi connectivity index (χ3v) is 3.99. The Bertz CT molecular complexity index is 856. The Kier molecular flexibility index (Phi) is 4.07. The van der Waals surface area contributed by atoms with Crippen molar-refractivity contribution in [3.05, 3.63) is 35.0 Å². The first-order valence-electron chi connectivity index (χ1n) is 6.74. The van der Waals surface area contributed by atoms with Crippen LogP contribution >= 0.6 is 11.3 Å². The molecule has 1 N–H and O–H groups in total. The van der Waals surface area contributed by atoms with Gasteiger partial charge in [0.25, 0.3) is 5.91 Å². The number of aryl methyl sites for hydroxylation is 1. The van der Waals surface area contributed by atoms with Crippen molar-refractivity contribution in [3.63, 3.8) is 0 Å². The number of amides is 1. The molecule has 0 aliphatic carbocycles. The van der Waals surface area contributed by atoms with Gasteiger partial charge in [0, 0.05) is 11.8 Å². The van der Waals surface area contributed by atoms with Gasteiger partial charge in [0.1, 0.15) is 5.69 Å². The van der Waals surface area contributed by atoms with Gasteiger partial charge in [-0.1, -0.05) is 0 Å². The molecule has 0 fully saturated rings. The lowest BCUT2D eigenvalue weighted by Crippen LogP contribution is -2.14. The fraction of sp³-hybridized carbons (Fsp3) is 0.200. The summed E-state index contributed by atoms with van der Waals surface area (Å²) in [5, 5.41) is 3.78. The second kappa shape index (κ2) is 6.17. The number of hydrogen-bond acceptors (Lipinski definition) is 7. The molecule has 0 atom stereocenters. The van der Waals surface area contributed by atoms with Crippen molar-refractivity contribution < 1.29 is 14.3 Å². The summed E-state index contributed by atoms with van der Waals surface area (Å²) >= 11 is 1.57. The van der Waals surface area contributed by atoms with Crippen LogP contribution in [0.15, 0.2) is 24.3 Å². The van der Waals surface area contributed by atoms with Crippen LogP contribution in [0.3, 0.4) is 0 Å². The predicted octanol–water partition coefficient (Wildman–Crippen LogP) is 2.66. The molecule has 118 valence electrons. The van der Waals surface area contributed by atoms with Gasteiger partial charge in [0.05, 0.1) is 29.4 Å². The molecule has 2 heterocycles. The summed E-state index contributed by atoms with van der Waals surface area (Å²) in [6.45, 7) is 1.95. The normalized spacial score (nSPS) is 10.6. The lowest BCUT2D eigenvalue weighted by Gasteiger charge is -2.07. The molecule has 0 saturated heterocycles. The molecule has 0 aliphatic rings. The van der Waals surface area contributed by atoms with E-state index in [1.807, 2.05) is 19.1 Å². The number of aromatic nitrogens is 3. The zero-order valence-corrected chi connectivity index (χ0v) is 13.6. The van der Waals surface area contributed by atoms with E-state index >= 15 is 0 Å². The van der Waals surface area contributed by atoms with Crippen molar-refractivity contribution >= 4 is 33.1 Å². The highest BCUT2D eigenvalue weighted by molar-refractivity contribution is 7.18. The second-order valence-corrected chi connectivity index (χ2v) is 5.89. The first kappa shape index (κ1) is 15.2. The third kappa shape index (κ3) is 3.21. The SMILES string of the molecule is COc1cc(C(=O)Nc2ccc3nc(C)sc3c2)nc(OC)n1. The molecule has 1 aromatic carbocycles. The van der Waals surface area contributed by atoms with E-state index in [9.17, 15) is 4.79 Å². The van der Waals surface area contributed by atoms with Crippen LogP contribution in [0.5, 0.6) is 11.9 Å². The largest absolute Gasteiger partial charge is 0.481 e. The minimum Gasteiger partial charge on any atom is -0.481 e. The molecule has 2 aromatic heterocycles. The maximum Gasteiger partial charge on any atom is 0.320 e. The number of anilines is 1. The van der Waals surface area contributed by atoms with Gasteiger partial charge in [0.2, 0.25) is 5.88 Å². The van der Waals surface area contributed by atoms with E-state index in [0.29, 0.717) is 5.69 Å². The molecule has 0 spiro atoms. The van der Waals surface area contributed by atoms with Gasteiger partial charge in [0.15, 0.2) is 0 Å². The number of nitrogens with one attached hydrogen (secondary N) is 1. The van der Waals surface area contributed by atoms with Crippen LogP contribution in [0.2, 0.25) is 0 Å². The molecule has 3 aromatic rings. The minimum absolute atomic E-state index is 0.0723. The Labute approximate surface area is 136 Å². The zero-order valence-electron chi connectivity index (χ0n) is 12.8. The van der Waals surface area contributed by atoms with Crippen LogP contribution in [0, 0.1) is 6.92 Å². The molecule has 3 rings (SSSR count). The topological polar surface area (TPSA) is 86.2 Å². The van der Waals surface area contributed by atoms with E-state index < -0.39 is 0 Å². The van der Waals surface area contributed by atoms with Crippen molar-refractivity contribution in [2.24, 2.45) is 0 Å². The van der Waals surface area contributed by atoms with Crippen LogP contribution in [0.25, 0.3) is 10.2 Å². The number of nitrogens with zero attached hydrogens (tertiary/aromatic N) is 3. The maximum absolute atomic E-state index is 12.4. The van der Waals surface area contributed by atoms with E-state index in [4.69, 9.17) is 9.47 Å². The number of carbonyl (C=O) groups excluding carboxylic acids is 1. The average molecular weight is 330 g/mol. The lowest BCUT2D eigenvalue weighted by molar-refractivity contribution is 0.102. The van der Waals surface area contributed by atoms with Crippen molar-refractivity contribution in [3.8, 4) is 11.9 Å². The van der Waals surface area contributed by atoms with Crippen LogP contribution in [-0.4, -0.2) is 35.1 Å². The van der Waals surface area contributed by atoms with E-state index in [1.54, 1.807) is 17.4 Å². The molecule has 0 saturated carbocycles. The second-order valence-electron chi connectivity index (χ2n) is 4.65. The fourth-order valence-electron chi connectivity index (χ4n) is 2.03. The Morgan fingerprint density at radius 1 is 1.13 bits per heavy atom. The van der Waals surface area contributed by atoms with Crippen LogP contribution in [0.4, 0.5) is 5.69 Å². The lowest BCUT2D eigenvalue weighted by atomic mass is 10.3. The first-order valence-corrected chi connectivity index (χ1v) is 7.56. The number of methoxy groups -OCH3 is 2. The highest BCUT2D eigenvalue weighted by Crippen LogP contribution is 2.25. The van der Waals surface area contributed by atoms with Gasteiger partial charge in [-0.2, -0.15) is 9.97 Å². The molecular formula is C15H14N4O3S. The monoisotopic (exact) mass is 330 g/mol. The smallest absolute Gasteiger partial charge is 0.320 e. The highest BCUT2D eigenvalue weighted by Gasteiger charge is 2.13. The molecule has 0 bridgehead atoms. The van der Waals surface area contributed by atoms with Gasteiger partial charge in [-0.15, -0.1) is 11.3 Å². The van der Waals surface area contributed by atoms with Crippen molar-refractivity contribution in [1.29, 1.82) is 0 Å². The van der Waals surface area contributed by atoms with Gasteiger partial charge in [-0.05, 0) is 25.1 Å². The number of hydrogen-bond donors (Lipinski definition) is 1. The van der Waals surface area contributed by atoms with E-state index in [-0.39, 0.29) is 23.5 Å². The molecule has 8 heteroatoms. The average Bonchev–Trinajstić information content (AvgIpc) is 2.93. The molecule has 1 amide bonds. The zero-order chi connectivity index (χ0) is 16.4. The number of ether oxygens (including phenoxy) is 2. The number of fused-ring (bicyclic) bond motifs is 1. The van der Waals surface area contributed by atoms with Crippen LogP contribution in [-0.2, 0) is 0 Å². The Balaban J connectivity index is 1.87. The predicted molar refractivity (Wildman–Crippen MR) is 87.4 cm³/mol. The number of carbonyl (C=O) groups is 1. The molecule has 23 heavy (non-hydrogen) atoms. The summed E-state index contributed by atoms with van der Waals surface area (Å²) < 4.78 is 11.0. The van der Waals surface area contributed by atoms with Gasteiger partial charge < -0.3 is 14.8 Å². The fourth-order valence-corrected chi connectivity index (χ4v) is 2.90. The molecule has 0 radical (unpaired) electrons.